The maximum Gasteiger partial charge on any atom is 0.350 e. The summed E-state index contributed by atoms with van der Waals surface area (Å²) in [5.41, 5.74) is 0. The number of nitrogens with zero attached hydrogens (tertiary/aromatic N) is 1. The quantitative estimate of drug-likeness (QED) is 0.728. The van der Waals surface area contributed by atoms with Crippen LogP contribution in [-0.4, -0.2) is 37.5 Å². The second-order valence-electron chi connectivity index (χ2n) is 3.66. The highest BCUT2D eigenvalue weighted by Gasteiger charge is 2.33. The van der Waals surface area contributed by atoms with Gasteiger partial charge < -0.3 is 0 Å². The minimum Gasteiger partial charge on any atom is -0.206 e. The highest BCUT2D eigenvalue weighted by atomic mass is 35.5. The van der Waals surface area contributed by atoms with Crippen LogP contribution >= 0.6 is 11.6 Å². The topological polar surface area (TPSA) is 37.4 Å². The van der Waals surface area contributed by atoms with Gasteiger partial charge in [-0.25, -0.2) is 8.42 Å². The van der Waals surface area contributed by atoms with E-state index in [2.05, 4.69) is 0 Å². The summed E-state index contributed by atoms with van der Waals surface area (Å²) in [6, 6.07) is 0. The molecule has 0 saturated carbocycles. The molecule has 1 aliphatic heterocycles. The van der Waals surface area contributed by atoms with E-state index in [0.29, 0.717) is 18.7 Å². The smallest absolute Gasteiger partial charge is 0.206 e. The molecule has 0 radical (unpaired) electrons. The van der Waals surface area contributed by atoms with Crippen molar-refractivity contribution in [2.45, 2.75) is 25.0 Å². The molecule has 0 spiro atoms. The largest absolute Gasteiger partial charge is 0.350 e. The van der Waals surface area contributed by atoms with E-state index >= 15 is 0 Å². The summed E-state index contributed by atoms with van der Waals surface area (Å²) >= 11 is 5.66. The Labute approximate surface area is 93.4 Å². The molecule has 15 heavy (non-hydrogen) atoms. The highest BCUT2D eigenvalue weighted by Crippen LogP contribution is 2.22. The lowest BCUT2D eigenvalue weighted by Gasteiger charge is -2.19. The van der Waals surface area contributed by atoms with E-state index in [0.717, 1.165) is 10.7 Å². The number of alkyl halides is 3. The van der Waals surface area contributed by atoms with Gasteiger partial charge in [0.05, 0.1) is 0 Å². The lowest BCUT2D eigenvalue weighted by atomic mass is 10.0. The zero-order valence-electron chi connectivity index (χ0n) is 8.20. The van der Waals surface area contributed by atoms with Crippen LogP contribution in [0.25, 0.3) is 0 Å². The minimum absolute atomic E-state index is 0.157. The summed E-state index contributed by atoms with van der Waals surface area (Å²) in [5, 5.41) is 0. The van der Waals surface area contributed by atoms with Crippen LogP contribution in [0.2, 0.25) is 0 Å². The maximum absolute atomic E-state index is 12.3. The van der Waals surface area contributed by atoms with Gasteiger partial charge in [0.1, 0.15) is 0 Å². The highest BCUT2D eigenvalue weighted by molar-refractivity contribution is 7.89. The number of hydrogen-bond acceptors (Lipinski definition) is 2. The van der Waals surface area contributed by atoms with E-state index in [-0.39, 0.29) is 19.0 Å². The molecular weight excluding hydrogens is 248 g/mol. The average Bonchev–Trinajstić information content (AvgIpc) is 2.42. The molecule has 1 heterocycles. The number of sulfonamides is 1. The van der Waals surface area contributed by atoms with Gasteiger partial charge in [-0.15, -0.1) is 11.6 Å². The summed E-state index contributed by atoms with van der Waals surface area (Å²) in [5.74, 6) is -2.61. The first-order valence-corrected chi connectivity index (χ1v) is 6.85. The molecule has 1 aliphatic rings. The number of rotatable bonds is 3. The van der Waals surface area contributed by atoms with Gasteiger partial charge in [-0.1, -0.05) is 0 Å². The maximum atomic E-state index is 12.3. The van der Waals surface area contributed by atoms with E-state index < -0.39 is 15.8 Å². The molecule has 90 valence electrons. The number of halogens is 3. The van der Waals surface area contributed by atoms with Crippen molar-refractivity contribution in [1.82, 2.24) is 4.31 Å². The average molecular weight is 262 g/mol. The van der Waals surface area contributed by atoms with Crippen molar-refractivity contribution in [1.29, 1.82) is 0 Å². The minimum atomic E-state index is -4.40. The molecule has 0 aliphatic carbocycles. The summed E-state index contributed by atoms with van der Waals surface area (Å²) in [6.45, 7) is 0.337. The van der Waals surface area contributed by atoms with Gasteiger partial charge in [-0.05, 0) is 25.2 Å². The predicted molar refractivity (Wildman–Crippen MR) is 54.6 cm³/mol. The van der Waals surface area contributed by atoms with Gasteiger partial charge in [0.25, 0.3) is 10.0 Å². The molecule has 1 fully saturated rings. The second kappa shape index (κ2) is 5.41. The Morgan fingerprint density at radius 1 is 1.33 bits per heavy atom. The van der Waals surface area contributed by atoms with Crippen LogP contribution < -0.4 is 0 Å². The Kier molecular flexibility index (Phi) is 4.73. The Bertz CT molecular complexity index is 297. The van der Waals surface area contributed by atoms with Crippen molar-refractivity contribution in [3.05, 3.63) is 0 Å². The molecule has 0 aromatic rings. The third kappa shape index (κ3) is 3.26. The normalized spacial score (nSPS) is 25.5. The Morgan fingerprint density at radius 2 is 2.00 bits per heavy atom. The summed E-state index contributed by atoms with van der Waals surface area (Å²) in [4.78, 5) is 0. The van der Waals surface area contributed by atoms with Crippen LogP contribution in [0.4, 0.5) is 8.78 Å². The van der Waals surface area contributed by atoms with Crippen LogP contribution in [0.5, 0.6) is 0 Å². The van der Waals surface area contributed by atoms with Crippen LogP contribution in [0, 0.1) is 5.92 Å². The first kappa shape index (κ1) is 13.1. The van der Waals surface area contributed by atoms with Gasteiger partial charge in [-0.3, -0.25) is 0 Å². The molecule has 1 unspecified atom stereocenters. The fourth-order valence-electron chi connectivity index (χ4n) is 1.66. The van der Waals surface area contributed by atoms with E-state index in [9.17, 15) is 17.2 Å². The molecule has 1 saturated heterocycles. The lowest BCUT2D eigenvalue weighted by Crippen LogP contribution is -2.36. The van der Waals surface area contributed by atoms with Crippen molar-refractivity contribution < 1.29 is 17.2 Å². The molecule has 0 aromatic carbocycles. The fraction of sp³-hybridized carbons (Fsp3) is 1.00. The van der Waals surface area contributed by atoms with E-state index in [1.165, 1.54) is 0 Å². The Hall–Kier alpha value is 0.0600. The standard InChI is InChI=1S/C8H14ClF2NO2S/c9-6-7-2-1-4-12(5-3-7)15(13,14)8(10)11/h7-8H,1-6H2. The van der Waals surface area contributed by atoms with Crippen molar-refractivity contribution in [2.24, 2.45) is 5.92 Å². The first-order valence-electron chi connectivity index (χ1n) is 4.81. The zero-order valence-corrected chi connectivity index (χ0v) is 9.78. The lowest BCUT2D eigenvalue weighted by molar-refractivity contribution is 0.219. The monoisotopic (exact) mass is 261 g/mol. The fourth-order valence-corrected chi connectivity index (χ4v) is 2.94. The van der Waals surface area contributed by atoms with E-state index in [1.807, 2.05) is 0 Å². The molecule has 0 bridgehead atoms. The molecular formula is C8H14ClF2NO2S. The van der Waals surface area contributed by atoms with Crippen LogP contribution in [0.1, 0.15) is 19.3 Å². The van der Waals surface area contributed by atoms with Crippen LogP contribution in [0.15, 0.2) is 0 Å². The van der Waals surface area contributed by atoms with Crippen molar-refractivity contribution in [3.63, 3.8) is 0 Å². The summed E-state index contributed by atoms with van der Waals surface area (Å²) in [7, 11) is -4.40. The van der Waals surface area contributed by atoms with Gasteiger partial charge >= 0.3 is 5.76 Å². The van der Waals surface area contributed by atoms with Gasteiger partial charge in [-0.2, -0.15) is 13.1 Å². The Balaban J connectivity index is 2.66. The van der Waals surface area contributed by atoms with Gasteiger partial charge in [0, 0.05) is 19.0 Å². The van der Waals surface area contributed by atoms with Crippen LogP contribution in [0.3, 0.4) is 0 Å². The van der Waals surface area contributed by atoms with Crippen molar-refractivity contribution >= 4 is 21.6 Å². The third-order valence-corrected chi connectivity index (χ3v) is 4.58. The summed E-state index contributed by atoms with van der Waals surface area (Å²) < 4.78 is 47.7. The molecule has 1 atom stereocenters. The molecule has 0 N–H and O–H groups in total. The van der Waals surface area contributed by atoms with Crippen molar-refractivity contribution in [2.75, 3.05) is 19.0 Å². The van der Waals surface area contributed by atoms with Crippen LogP contribution in [-0.2, 0) is 10.0 Å². The Morgan fingerprint density at radius 3 is 2.53 bits per heavy atom. The van der Waals surface area contributed by atoms with E-state index in [4.69, 9.17) is 11.6 Å². The zero-order chi connectivity index (χ0) is 11.5. The van der Waals surface area contributed by atoms with E-state index in [1.54, 1.807) is 0 Å². The molecule has 0 aromatic heterocycles. The SMILES string of the molecule is O=S(=O)(C(F)F)N1CCCC(CCl)CC1. The third-order valence-electron chi connectivity index (χ3n) is 2.61. The summed E-state index contributed by atoms with van der Waals surface area (Å²) in [6.07, 6.45) is 1.97. The first-order chi connectivity index (χ1) is 6.98. The van der Waals surface area contributed by atoms with Gasteiger partial charge in [0.2, 0.25) is 0 Å². The number of hydrogen-bond donors (Lipinski definition) is 0. The molecule has 7 heteroatoms. The molecule has 3 nitrogen and oxygen atoms in total. The molecule has 1 rings (SSSR count). The van der Waals surface area contributed by atoms with Crippen molar-refractivity contribution in [3.8, 4) is 0 Å². The predicted octanol–water partition coefficient (Wildman–Crippen LogP) is 1.88. The second-order valence-corrected chi connectivity index (χ2v) is 5.87. The van der Waals surface area contributed by atoms with Gasteiger partial charge in [0.15, 0.2) is 0 Å². The molecule has 0 amide bonds.